The molecule has 0 bridgehead atoms. The Morgan fingerprint density at radius 3 is 2.38 bits per heavy atom. The molecule has 8 heteroatoms. The van der Waals surface area contributed by atoms with Gasteiger partial charge in [0.05, 0.1) is 14.9 Å². The Hall–Kier alpha value is -0.210. The molecule has 0 unspecified atom stereocenters. The van der Waals surface area contributed by atoms with Gasteiger partial charge >= 0.3 is 0 Å². The van der Waals surface area contributed by atoms with Crippen LogP contribution in [0.15, 0.2) is 10.3 Å². The molecule has 3 N–H and O–H groups in total. The summed E-state index contributed by atoms with van der Waals surface area (Å²) >= 11 is 12.2. The van der Waals surface area contributed by atoms with Crippen molar-refractivity contribution in [2.45, 2.75) is 55.2 Å². The second kappa shape index (κ2) is 6.50. The summed E-state index contributed by atoms with van der Waals surface area (Å²) in [5, 5.41) is 0. The Kier molecular flexibility index (Phi) is 5.31. The summed E-state index contributed by atoms with van der Waals surface area (Å²) in [6.45, 7) is 1.78. The van der Waals surface area contributed by atoms with E-state index in [1.807, 2.05) is 0 Å². The molecular formula is C13H19ClN2O2S3. The first-order valence-electron chi connectivity index (χ1n) is 6.87. The van der Waals surface area contributed by atoms with Crippen LogP contribution in [0.3, 0.4) is 0 Å². The van der Waals surface area contributed by atoms with Gasteiger partial charge in [-0.3, -0.25) is 0 Å². The molecule has 1 aliphatic rings. The standard InChI is InChI=1S/C13H19ClN2O2S3/c1-9-8-10(20-11(9)14)21(17,18)16-13(12(15)19)6-4-2-3-5-7-13/h8,16H,2-7H2,1H3,(H2,15,19). The number of nitrogens with one attached hydrogen (secondary N) is 1. The quantitative estimate of drug-likeness (QED) is 0.633. The van der Waals surface area contributed by atoms with E-state index in [1.165, 1.54) is 0 Å². The minimum absolute atomic E-state index is 0.213. The number of hydrogen-bond donors (Lipinski definition) is 2. The zero-order valence-corrected chi connectivity index (χ0v) is 15.0. The van der Waals surface area contributed by atoms with Crippen molar-refractivity contribution >= 4 is 50.2 Å². The summed E-state index contributed by atoms with van der Waals surface area (Å²) in [4.78, 5) is 0.229. The first-order valence-corrected chi connectivity index (χ1v) is 9.95. The highest BCUT2D eigenvalue weighted by atomic mass is 35.5. The lowest BCUT2D eigenvalue weighted by atomic mass is 9.91. The minimum Gasteiger partial charge on any atom is -0.392 e. The Morgan fingerprint density at radius 1 is 1.38 bits per heavy atom. The summed E-state index contributed by atoms with van der Waals surface area (Å²) in [5.74, 6) is 0. The topological polar surface area (TPSA) is 72.2 Å². The van der Waals surface area contributed by atoms with Crippen LogP contribution in [0.4, 0.5) is 0 Å². The van der Waals surface area contributed by atoms with Gasteiger partial charge in [0.1, 0.15) is 4.21 Å². The normalized spacial score (nSPS) is 19.1. The van der Waals surface area contributed by atoms with E-state index >= 15 is 0 Å². The van der Waals surface area contributed by atoms with E-state index in [0.29, 0.717) is 17.2 Å². The summed E-state index contributed by atoms with van der Waals surface area (Å²) in [7, 11) is -3.66. The molecule has 1 aromatic rings. The molecule has 0 radical (unpaired) electrons. The monoisotopic (exact) mass is 366 g/mol. The Balaban J connectivity index is 2.33. The number of aryl methyl sites for hydroxylation is 1. The summed E-state index contributed by atoms with van der Waals surface area (Å²) in [5.41, 5.74) is 5.82. The number of halogens is 1. The molecule has 1 saturated carbocycles. The first kappa shape index (κ1) is 17.1. The molecule has 0 amide bonds. The highest BCUT2D eigenvalue weighted by Gasteiger charge is 2.38. The van der Waals surface area contributed by atoms with Crippen LogP contribution in [-0.2, 0) is 10.0 Å². The van der Waals surface area contributed by atoms with Gasteiger partial charge in [-0.25, -0.2) is 8.42 Å². The van der Waals surface area contributed by atoms with Crippen LogP contribution in [0.5, 0.6) is 0 Å². The smallest absolute Gasteiger partial charge is 0.251 e. The molecule has 1 heterocycles. The maximum atomic E-state index is 12.6. The molecule has 0 aromatic carbocycles. The fourth-order valence-electron chi connectivity index (χ4n) is 2.60. The Morgan fingerprint density at radius 2 is 1.95 bits per heavy atom. The van der Waals surface area contributed by atoms with Crippen molar-refractivity contribution in [3.05, 3.63) is 16.0 Å². The molecule has 4 nitrogen and oxygen atoms in total. The van der Waals surface area contributed by atoms with E-state index in [1.54, 1.807) is 13.0 Å². The lowest BCUT2D eigenvalue weighted by Gasteiger charge is -2.32. The number of thiophene rings is 1. The number of nitrogens with two attached hydrogens (primary N) is 1. The fourth-order valence-corrected chi connectivity index (χ4v) is 6.07. The van der Waals surface area contributed by atoms with E-state index in [4.69, 9.17) is 29.6 Å². The maximum Gasteiger partial charge on any atom is 0.251 e. The second-order valence-corrected chi connectivity index (χ2v) is 9.49. The molecule has 1 aromatic heterocycles. The van der Waals surface area contributed by atoms with Crippen molar-refractivity contribution in [2.24, 2.45) is 5.73 Å². The predicted molar refractivity (Wildman–Crippen MR) is 91.6 cm³/mol. The van der Waals surface area contributed by atoms with Crippen molar-refractivity contribution in [3.8, 4) is 0 Å². The molecule has 0 saturated heterocycles. The van der Waals surface area contributed by atoms with Crippen LogP contribution in [0.25, 0.3) is 0 Å². The molecule has 21 heavy (non-hydrogen) atoms. The van der Waals surface area contributed by atoms with E-state index in [2.05, 4.69) is 4.72 Å². The number of sulfonamides is 1. The lowest BCUT2D eigenvalue weighted by molar-refractivity contribution is 0.441. The maximum absolute atomic E-state index is 12.6. The van der Waals surface area contributed by atoms with Gasteiger partial charge in [-0.1, -0.05) is 49.5 Å². The first-order chi connectivity index (χ1) is 9.77. The summed E-state index contributed by atoms with van der Waals surface area (Å²) < 4.78 is 28.7. The molecule has 1 aliphatic carbocycles. The van der Waals surface area contributed by atoms with Crippen LogP contribution in [0.1, 0.15) is 44.1 Å². The fraction of sp³-hybridized carbons (Fsp3) is 0.615. The van der Waals surface area contributed by atoms with Gasteiger partial charge in [0.2, 0.25) is 0 Å². The third-order valence-electron chi connectivity index (χ3n) is 3.86. The van der Waals surface area contributed by atoms with Crippen molar-refractivity contribution in [1.29, 1.82) is 0 Å². The van der Waals surface area contributed by atoms with Crippen molar-refractivity contribution in [2.75, 3.05) is 0 Å². The molecule has 2 rings (SSSR count). The van der Waals surface area contributed by atoms with Crippen LogP contribution in [-0.4, -0.2) is 18.9 Å². The molecule has 118 valence electrons. The average molecular weight is 367 g/mol. The van der Waals surface area contributed by atoms with E-state index in [-0.39, 0.29) is 9.20 Å². The lowest BCUT2D eigenvalue weighted by Crippen LogP contribution is -2.56. The van der Waals surface area contributed by atoms with Crippen LogP contribution in [0, 0.1) is 6.92 Å². The zero-order valence-electron chi connectivity index (χ0n) is 11.8. The van der Waals surface area contributed by atoms with Gasteiger partial charge in [0.25, 0.3) is 10.0 Å². The van der Waals surface area contributed by atoms with Gasteiger partial charge in [-0.15, -0.1) is 11.3 Å². The molecule has 0 atom stereocenters. The van der Waals surface area contributed by atoms with Crippen LogP contribution in [0.2, 0.25) is 4.34 Å². The minimum atomic E-state index is -3.66. The van der Waals surface area contributed by atoms with Gasteiger partial charge in [-0.2, -0.15) is 4.72 Å². The highest BCUT2D eigenvalue weighted by Crippen LogP contribution is 2.33. The van der Waals surface area contributed by atoms with Crippen molar-refractivity contribution in [3.63, 3.8) is 0 Å². The molecule has 1 fully saturated rings. The SMILES string of the molecule is Cc1cc(S(=O)(=O)NC2(C(N)=S)CCCCCC2)sc1Cl. The van der Waals surface area contributed by atoms with Crippen LogP contribution >= 0.6 is 35.2 Å². The van der Waals surface area contributed by atoms with E-state index < -0.39 is 15.6 Å². The van der Waals surface area contributed by atoms with Gasteiger partial charge in [0.15, 0.2) is 0 Å². The third kappa shape index (κ3) is 3.76. The Labute approximate surface area is 140 Å². The van der Waals surface area contributed by atoms with Crippen LogP contribution < -0.4 is 10.5 Å². The zero-order chi connectivity index (χ0) is 15.7. The Bertz CT molecular complexity index is 612. The molecule has 0 spiro atoms. The summed E-state index contributed by atoms with van der Waals surface area (Å²) in [6, 6.07) is 1.58. The number of rotatable bonds is 4. The second-order valence-electron chi connectivity index (χ2n) is 5.49. The number of thiocarbonyl (C=S) groups is 1. The van der Waals surface area contributed by atoms with Gasteiger partial charge < -0.3 is 5.73 Å². The third-order valence-corrected chi connectivity index (χ3v) is 7.81. The molecular weight excluding hydrogens is 348 g/mol. The van der Waals surface area contributed by atoms with Crippen molar-refractivity contribution in [1.82, 2.24) is 4.72 Å². The number of hydrogen-bond acceptors (Lipinski definition) is 4. The largest absolute Gasteiger partial charge is 0.392 e. The van der Waals surface area contributed by atoms with Gasteiger partial charge in [0, 0.05) is 0 Å². The molecule has 0 aliphatic heterocycles. The van der Waals surface area contributed by atoms with Gasteiger partial charge in [-0.05, 0) is 31.4 Å². The van der Waals surface area contributed by atoms with Crippen molar-refractivity contribution < 1.29 is 8.42 Å². The highest BCUT2D eigenvalue weighted by molar-refractivity contribution is 7.91. The average Bonchev–Trinajstić information content (AvgIpc) is 2.62. The predicted octanol–water partition coefficient (Wildman–Crippen LogP) is 3.37. The van der Waals surface area contributed by atoms with E-state index in [9.17, 15) is 8.42 Å². The van der Waals surface area contributed by atoms with E-state index in [0.717, 1.165) is 42.6 Å². The summed E-state index contributed by atoms with van der Waals surface area (Å²) in [6.07, 6.45) is 5.31.